The maximum Gasteiger partial charge on any atom is 0.200 e. The third-order valence-corrected chi connectivity index (χ3v) is 3.81. The Kier molecular flexibility index (Phi) is 6.61. The van der Waals surface area contributed by atoms with Gasteiger partial charge in [-0.05, 0) is 24.1 Å². The Morgan fingerprint density at radius 2 is 1.76 bits per heavy atom. The van der Waals surface area contributed by atoms with E-state index in [0.29, 0.717) is 0 Å². The Hall–Kier alpha value is -1.48. The molecule has 0 aliphatic heterocycles. The minimum absolute atomic E-state index is 0.750. The highest BCUT2D eigenvalue weighted by atomic mass is 35.5. The molecule has 0 saturated carbocycles. The summed E-state index contributed by atoms with van der Waals surface area (Å²) >= 11 is 5.90. The first kappa shape index (κ1) is 15.9. The highest BCUT2D eigenvalue weighted by Crippen LogP contribution is 2.20. The van der Waals surface area contributed by atoms with Gasteiger partial charge in [0.05, 0.1) is 11.9 Å². The molecule has 2 rings (SSSR count). The molecule has 0 saturated heterocycles. The van der Waals surface area contributed by atoms with E-state index in [-0.39, 0.29) is 0 Å². The molecule has 3 nitrogen and oxygen atoms in total. The van der Waals surface area contributed by atoms with Crippen LogP contribution in [0.5, 0.6) is 0 Å². The van der Waals surface area contributed by atoms with Crippen molar-refractivity contribution < 1.29 is 0 Å². The van der Waals surface area contributed by atoms with Crippen LogP contribution in [0.4, 0.5) is 5.95 Å². The topological polar surface area (TPSA) is 40.7 Å². The Morgan fingerprint density at radius 1 is 1.05 bits per heavy atom. The average Bonchev–Trinajstić information content (AvgIpc) is 2.96. The van der Waals surface area contributed by atoms with Gasteiger partial charge in [0.2, 0.25) is 5.95 Å². The minimum atomic E-state index is 0.750. The Balaban J connectivity index is 1.72. The third-order valence-electron chi connectivity index (χ3n) is 3.55. The number of anilines is 1. The number of nitrogens with one attached hydrogen (secondary N) is 2. The van der Waals surface area contributed by atoms with Crippen LogP contribution in [-0.4, -0.2) is 16.5 Å². The lowest BCUT2D eigenvalue weighted by molar-refractivity contribution is 0.616. The van der Waals surface area contributed by atoms with Gasteiger partial charge in [-0.15, -0.1) is 0 Å². The maximum absolute atomic E-state index is 5.90. The first-order chi connectivity index (χ1) is 10.3. The van der Waals surface area contributed by atoms with Crippen molar-refractivity contribution in [3.8, 4) is 11.3 Å². The molecule has 2 N–H and O–H groups in total. The van der Waals surface area contributed by atoms with Gasteiger partial charge < -0.3 is 10.3 Å². The van der Waals surface area contributed by atoms with Gasteiger partial charge in [0, 0.05) is 11.6 Å². The molecule has 0 atom stereocenters. The van der Waals surface area contributed by atoms with Crippen LogP contribution in [0.15, 0.2) is 30.5 Å². The molecule has 0 amide bonds. The molecular formula is C17H24ClN3. The van der Waals surface area contributed by atoms with Crippen molar-refractivity contribution in [1.29, 1.82) is 0 Å². The fourth-order valence-electron chi connectivity index (χ4n) is 2.30. The lowest BCUT2D eigenvalue weighted by Gasteiger charge is -2.03. The van der Waals surface area contributed by atoms with E-state index in [2.05, 4.69) is 22.2 Å². The lowest BCUT2D eigenvalue weighted by atomic mass is 10.1. The maximum atomic E-state index is 5.90. The fraction of sp³-hybridized carbons (Fsp3) is 0.471. The number of hydrogen-bond acceptors (Lipinski definition) is 2. The van der Waals surface area contributed by atoms with E-state index in [9.17, 15) is 0 Å². The zero-order valence-electron chi connectivity index (χ0n) is 12.7. The van der Waals surface area contributed by atoms with Crippen molar-refractivity contribution in [2.75, 3.05) is 11.9 Å². The number of nitrogens with zero attached hydrogens (tertiary/aromatic N) is 1. The number of benzene rings is 1. The van der Waals surface area contributed by atoms with E-state index in [1.54, 1.807) is 0 Å². The zero-order chi connectivity index (χ0) is 14.9. The summed E-state index contributed by atoms with van der Waals surface area (Å²) < 4.78 is 0. The van der Waals surface area contributed by atoms with E-state index in [1.165, 1.54) is 38.5 Å². The van der Waals surface area contributed by atoms with E-state index in [0.717, 1.165) is 28.8 Å². The summed E-state index contributed by atoms with van der Waals surface area (Å²) in [5.41, 5.74) is 2.11. The number of H-pyrrole nitrogens is 1. The Labute approximate surface area is 132 Å². The molecule has 0 aliphatic rings. The van der Waals surface area contributed by atoms with Crippen LogP contribution in [0, 0.1) is 0 Å². The van der Waals surface area contributed by atoms with Gasteiger partial charge >= 0.3 is 0 Å². The van der Waals surface area contributed by atoms with Crippen molar-refractivity contribution in [2.45, 2.75) is 45.4 Å². The smallest absolute Gasteiger partial charge is 0.200 e. The summed E-state index contributed by atoms with van der Waals surface area (Å²) in [6.07, 6.45) is 9.70. The number of imidazole rings is 1. The van der Waals surface area contributed by atoms with Crippen LogP contribution in [0.2, 0.25) is 5.02 Å². The van der Waals surface area contributed by atoms with E-state index in [4.69, 9.17) is 11.6 Å². The molecule has 21 heavy (non-hydrogen) atoms. The summed E-state index contributed by atoms with van der Waals surface area (Å²) in [5, 5.41) is 4.09. The Bertz CT molecular complexity index is 519. The highest BCUT2D eigenvalue weighted by Gasteiger charge is 2.02. The Morgan fingerprint density at radius 3 is 2.52 bits per heavy atom. The first-order valence-corrected chi connectivity index (χ1v) is 8.22. The molecule has 1 aromatic carbocycles. The second-order valence-electron chi connectivity index (χ2n) is 5.35. The van der Waals surface area contributed by atoms with E-state index < -0.39 is 0 Å². The second kappa shape index (κ2) is 8.73. The zero-order valence-corrected chi connectivity index (χ0v) is 13.4. The molecule has 0 fully saturated rings. The highest BCUT2D eigenvalue weighted by molar-refractivity contribution is 6.30. The normalized spacial score (nSPS) is 10.8. The van der Waals surface area contributed by atoms with Crippen molar-refractivity contribution in [2.24, 2.45) is 0 Å². The van der Waals surface area contributed by atoms with Gasteiger partial charge in [0.15, 0.2) is 0 Å². The van der Waals surface area contributed by atoms with Crippen LogP contribution in [0.1, 0.15) is 45.4 Å². The van der Waals surface area contributed by atoms with Gasteiger partial charge in [0.25, 0.3) is 0 Å². The molecule has 1 aromatic heterocycles. The SMILES string of the molecule is CCCCCCCCNc1ncc(-c2ccc(Cl)cc2)[nH]1. The predicted molar refractivity (Wildman–Crippen MR) is 90.9 cm³/mol. The molecule has 0 unspecified atom stereocenters. The lowest BCUT2D eigenvalue weighted by Crippen LogP contribution is -2.02. The van der Waals surface area contributed by atoms with Crippen molar-refractivity contribution in [3.05, 3.63) is 35.5 Å². The molecule has 1 heterocycles. The molecule has 114 valence electrons. The van der Waals surface area contributed by atoms with Gasteiger partial charge in [-0.2, -0.15) is 0 Å². The number of aromatic nitrogens is 2. The number of hydrogen-bond donors (Lipinski definition) is 2. The molecule has 2 aromatic rings. The first-order valence-electron chi connectivity index (χ1n) is 7.84. The van der Waals surface area contributed by atoms with Gasteiger partial charge in [-0.25, -0.2) is 4.98 Å². The second-order valence-corrected chi connectivity index (χ2v) is 5.78. The fourth-order valence-corrected chi connectivity index (χ4v) is 2.43. The van der Waals surface area contributed by atoms with Crippen molar-refractivity contribution in [3.63, 3.8) is 0 Å². The number of aromatic amines is 1. The number of unbranched alkanes of at least 4 members (excludes halogenated alkanes) is 5. The molecule has 0 bridgehead atoms. The van der Waals surface area contributed by atoms with Crippen LogP contribution < -0.4 is 5.32 Å². The molecular weight excluding hydrogens is 282 g/mol. The summed E-state index contributed by atoms with van der Waals surface area (Å²) in [6, 6.07) is 7.77. The van der Waals surface area contributed by atoms with Crippen LogP contribution in [0.25, 0.3) is 11.3 Å². The summed E-state index contributed by atoms with van der Waals surface area (Å²) in [4.78, 5) is 7.66. The van der Waals surface area contributed by atoms with E-state index in [1.807, 2.05) is 30.5 Å². The molecule has 0 aliphatic carbocycles. The molecule has 0 radical (unpaired) electrons. The minimum Gasteiger partial charge on any atom is -0.356 e. The van der Waals surface area contributed by atoms with E-state index >= 15 is 0 Å². The van der Waals surface area contributed by atoms with Crippen LogP contribution >= 0.6 is 11.6 Å². The molecule has 0 spiro atoms. The summed E-state index contributed by atoms with van der Waals surface area (Å²) in [7, 11) is 0. The third kappa shape index (κ3) is 5.43. The van der Waals surface area contributed by atoms with Gasteiger partial charge in [-0.3, -0.25) is 0 Å². The van der Waals surface area contributed by atoms with Crippen LogP contribution in [0.3, 0.4) is 0 Å². The number of rotatable bonds is 9. The summed E-state index contributed by atoms with van der Waals surface area (Å²) in [5.74, 6) is 0.841. The van der Waals surface area contributed by atoms with Gasteiger partial charge in [0.1, 0.15) is 0 Å². The van der Waals surface area contributed by atoms with Crippen molar-refractivity contribution in [1.82, 2.24) is 9.97 Å². The molecule has 4 heteroatoms. The monoisotopic (exact) mass is 305 g/mol. The quantitative estimate of drug-likeness (QED) is 0.600. The largest absolute Gasteiger partial charge is 0.356 e. The predicted octanol–water partition coefficient (Wildman–Crippen LogP) is 5.50. The van der Waals surface area contributed by atoms with Crippen LogP contribution in [-0.2, 0) is 0 Å². The number of halogens is 1. The van der Waals surface area contributed by atoms with Crippen molar-refractivity contribution >= 4 is 17.5 Å². The standard InChI is InChI=1S/C17H24ClN3/c1-2-3-4-5-6-7-12-19-17-20-13-16(21-17)14-8-10-15(18)11-9-14/h8-11,13H,2-7,12H2,1H3,(H2,19,20,21). The van der Waals surface area contributed by atoms with Gasteiger partial charge in [-0.1, -0.05) is 62.8 Å². The average molecular weight is 306 g/mol. The summed E-state index contributed by atoms with van der Waals surface area (Å²) in [6.45, 7) is 3.22.